The van der Waals surface area contributed by atoms with Crippen molar-refractivity contribution in [1.82, 2.24) is 0 Å². The summed E-state index contributed by atoms with van der Waals surface area (Å²) in [6, 6.07) is 16.1. The molecule has 1 atom stereocenters. The Balaban J connectivity index is 1.66. The van der Waals surface area contributed by atoms with Crippen LogP contribution in [0.15, 0.2) is 48.5 Å². The molecule has 3 rings (SSSR count). The van der Waals surface area contributed by atoms with Gasteiger partial charge in [0.05, 0.1) is 6.10 Å². The van der Waals surface area contributed by atoms with E-state index in [4.69, 9.17) is 5.73 Å². The summed E-state index contributed by atoms with van der Waals surface area (Å²) >= 11 is 0. The molecule has 1 unspecified atom stereocenters. The molecule has 0 radical (unpaired) electrons. The van der Waals surface area contributed by atoms with E-state index in [9.17, 15) is 5.11 Å². The van der Waals surface area contributed by atoms with Crippen LogP contribution >= 0.6 is 0 Å². The molecule has 110 valence electrons. The van der Waals surface area contributed by atoms with Gasteiger partial charge in [-0.3, -0.25) is 0 Å². The Morgan fingerprint density at radius 1 is 1.14 bits per heavy atom. The number of nitrogens with two attached hydrogens (primary N) is 1. The molecule has 0 spiro atoms. The number of hydrogen-bond donors (Lipinski definition) is 2. The number of para-hydroxylation sites is 1. The topological polar surface area (TPSA) is 49.5 Å². The third-order valence-corrected chi connectivity index (χ3v) is 4.17. The molecule has 0 aliphatic carbocycles. The minimum absolute atomic E-state index is 0.456. The summed E-state index contributed by atoms with van der Waals surface area (Å²) in [7, 11) is 0. The lowest BCUT2D eigenvalue weighted by atomic mass is 10.0. The van der Waals surface area contributed by atoms with Gasteiger partial charge in [-0.2, -0.15) is 0 Å². The molecule has 3 N–H and O–H groups in total. The zero-order valence-corrected chi connectivity index (χ0v) is 12.2. The Labute approximate surface area is 126 Å². The van der Waals surface area contributed by atoms with Crippen molar-refractivity contribution in [3.05, 3.63) is 59.7 Å². The van der Waals surface area contributed by atoms with E-state index in [1.807, 2.05) is 24.3 Å². The molecule has 21 heavy (non-hydrogen) atoms. The quantitative estimate of drug-likeness (QED) is 0.847. The van der Waals surface area contributed by atoms with Crippen molar-refractivity contribution in [3.63, 3.8) is 0 Å². The van der Waals surface area contributed by atoms with E-state index in [1.54, 1.807) is 0 Å². The first-order valence-electron chi connectivity index (χ1n) is 7.60. The highest BCUT2D eigenvalue weighted by Gasteiger charge is 2.17. The number of fused-ring (bicyclic) bond motifs is 1. The smallest absolute Gasteiger partial charge is 0.0807 e. The maximum Gasteiger partial charge on any atom is 0.0807 e. The molecular weight excluding hydrogens is 260 g/mol. The third kappa shape index (κ3) is 3.19. The highest BCUT2D eigenvalue weighted by atomic mass is 16.3. The average molecular weight is 282 g/mol. The summed E-state index contributed by atoms with van der Waals surface area (Å²) < 4.78 is 0. The van der Waals surface area contributed by atoms with Crippen molar-refractivity contribution < 1.29 is 5.11 Å². The monoisotopic (exact) mass is 282 g/mol. The van der Waals surface area contributed by atoms with Gasteiger partial charge in [0.25, 0.3) is 0 Å². The Bertz CT molecular complexity index is 612. The van der Waals surface area contributed by atoms with Crippen LogP contribution in [-0.2, 0) is 6.42 Å². The summed E-state index contributed by atoms with van der Waals surface area (Å²) in [5.74, 6) is 0. The predicted molar refractivity (Wildman–Crippen MR) is 87.4 cm³/mol. The van der Waals surface area contributed by atoms with Gasteiger partial charge in [-0.05, 0) is 48.6 Å². The molecule has 2 aromatic carbocycles. The predicted octanol–water partition coefficient (Wildman–Crippen LogP) is 3.15. The highest BCUT2D eigenvalue weighted by Crippen LogP contribution is 2.28. The fourth-order valence-electron chi connectivity index (χ4n) is 3.05. The van der Waals surface area contributed by atoms with Gasteiger partial charge in [0.1, 0.15) is 0 Å². The summed E-state index contributed by atoms with van der Waals surface area (Å²) in [4.78, 5) is 2.38. The van der Waals surface area contributed by atoms with Gasteiger partial charge in [0.2, 0.25) is 0 Å². The molecule has 0 saturated carbocycles. The van der Waals surface area contributed by atoms with Crippen LogP contribution in [-0.4, -0.2) is 18.2 Å². The summed E-state index contributed by atoms with van der Waals surface area (Å²) in [5, 5.41) is 10.3. The van der Waals surface area contributed by atoms with E-state index in [0.717, 1.165) is 31.5 Å². The minimum Gasteiger partial charge on any atom is -0.399 e. The normalized spacial score (nSPS) is 15.6. The van der Waals surface area contributed by atoms with Crippen molar-refractivity contribution >= 4 is 11.4 Å². The number of hydrogen-bond acceptors (Lipinski definition) is 3. The average Bonchev–Trinajstić information content (AvgIpc) is 2.52. The zero-order chi connectivity index (χ0) is 14.7. The Morgan fingerprint density at radius 3 is 2.86 bits per heavy atom. The van der Waals surface area contributed by atoms with E-state index in [1.165, 1.54) is 17.7 Å². The van der Waals surface area contributed by atoms with Crippen molar-refractivity contribution in [2.75, 3.05) is 23.7 Å². The van der Waals surface area contributed by atoms with Gasteiger partial charge in [0.15, 0.2) is 0 Å². The first kappa shape index (κ1) is 14.0. The van der Waals surface area contributed by atoms with Crippen LogP contribution in [0.3, 0.4) is 0 Å². The third-order valence-electron chi connectivity index (χ3n) is 4.17. The Morgan fingerprint density at radius 2 is 2.00 bits per heavy atom. The van der Waals surface area contributed by atoms with Crippen molar-refractivity contribution in [1.29, 1.82) is 0 Å². The SMILES string of the molecule is Nc1cccc(C(O)CCN2CCCc3ccccc32)c1. The zero-order valence-electron chi connectivity index (χ0n) is 12.2. The lowest BCUT2D eigenvalue weighted by Gasteiger charge is -2.32. The van der Waals surface area contributed by atoms with Gasteiger partial charge in [-0.15, -0.1) is 0 Å². The molecule has 2 aromatic rings. The van der Waals surface area contributed by atoms with E-state index in [0.29, 0.717) is 5.69 Å². The molecule has 3 nitrogen and oxygen atoms in total. The molecule has 1 aliphatic rings. The van der Waals surface area contributed by atoms with Gasteiger partial charge in [-0.25, -0.2) is 0 Å². The number of nitrogen functional groups attached to an aromatic ring is 1. The van der Waals surface area contributed by atoms with Crippen LogP contribution in [0.2, 0.25) is 0 Å². The lowest BCUT2D eigenvalue weighted by molar-refractivity contribution is 0.169. The molecule has 0 aromatic heterocycles. The number of anilines is 2. The molecule has 0 saturated heterocycles. The molecule has 1 aliphatic heterocycles. The van der Waals surface area contributed by atoms with Crippen molar-refractivity contribution in [3.8, 4) is 0 Å². The first-order valence-corrected chi connectivity index (χ1v) is 7.60. The number of aliphatic hydroxyl groups excluding tert-OH is 1. The van der Waals surface area contributed by atoms with Gasteiger partial charge < -0.3 is 15.7 Å². The lowest BCUT2D eigenvalue weighted by Crippen LogP contribution is -2.31. The summed E-state index contributed by atoms with van der Waals surface area (Å²) in [6.45, 7) is 1.94. The Hall–Kier alpha value is -2.00. The largest absolute Gasteiger partial charge is 0.399 e. The fourth-order valence-corrected chi connectivity index (χ4v) is 3.05. The first-order chi connectivity index (χ1) is 10.2. The molecule has 0 fully saturated rings. The van der Waals surface area contributed by atoms with Gasteiger partial charge >= 0.3 is 0 Å². The van der Waals surface area contributed by atoms with E-state index < -0.39 is 6.10 Å². The number of rotatable bonds is 4. The minimum atomic E-state index is -0.456. The van der Waals surface area contributed by atoms with Crippen LogP contribution in [0, 0.1) is 0 Å². The standard InChI is InChI=1S/C18H22N2O/c19-16-8-3-6-15(13-16)18(21)10-12-20-11-4-7-14-5-1-2-9-17(14)20/h1-3,5-6,8-9,13,18,21H,4,7,10-12,19H2. The highest BCUT2D eigenvalue weighted by molar-refractivity contribution is 5.55. The number of benzene rings is 2. The van der Waals surface area contributed by atoms with E-state index >= 15 is 0 Å². The summed E-state index contributed by atoms with van der Waals surface area (Å²) in [6.07, 6.45) is 2.61. The number of aliphatic hydroxyl groups is 1. The second-order valence-corrected chi connectivity index (χ2v) is 5.69. The second-order valence-electron chi connectivity index (χ2n) is 5.69. The second kappa shape index (κ2) is 6.19. The van der Waals surface area contributed by atoms with Crippen LogP contribution in [0.25, 0.3) is 0 Å². The van der Waals surface area contributed by atoms with E-state index in [-0.39, 0.29) is 0 Å². The van der Waals surface area contributed by atoms with Gasteiger partial charge in [0, 0.05) is 24.5 Å². The molecule has 3 heteroatoms. The van der Waals surface area contributed by atoms with Crippen molar-refractivity contribution in [2.45, 2.75) is 25.4 Å². The fraction of sp³-hybridized carbons (Fsp3) is 0.333. The van der Waals surface area contributed by atoms with Gasteiger partial charge in [-0.1, -0.05) is 30.3 Å². The molecule has 0 amide bonds. The van der Waals surface area contributed by atoms with Crippen LogP contribution in [0.1, 0.15) is 30.1 Å². The number of nitrogens with zero attached hydrogens (tertiary/aromatic N) is 1. The van der Waals surface area contributed by atoms with E-state index in [2.05, 4.69) is 29.2 Å². The van der Waals surface area contributed by atoms with Crippen LogP contribution < -0.4 is 10.6 Å². The van der Waals surface area contributed by atoms with Crippen molar-refractivity contribution in [2.24, 2.45) is 0 Å². The molecular formula is C18H22N2O. The molecule has 0 bridgehead atoms. The maximum absolute atomic E-state index is 10.3. The van der Waals surface area contributed by atoms with Crippen LogP contribution in [0.5, 0.6) is 0 Å². The molecule has 1 heterocycles. The number of aryl methyl sites for hydroxylation is 1. The Kier molecular flexibility index (Phi) is 4.11. The maximum atomic E-state index is 10.3. The van der Waals surface area contributed by atoms with Crippen LogP contribution in [0.4, 0.5) is 11.4 Å². The summed E-state index contributed by atoms with van der Waals surface area (Å²) in [5.41, 5.74) is 10.1.